The summed E-state index contributed by atoms with van der Waals surface area (Å²) in [6.07, 6.45) is 1.94. The van der Waals surface area contributed by atoms with E-state index in [0.29, 0.717) is 6.04 Å². The van der Waals surface area contributed by atoms with Crippen molar-refractivity contribution in [3.05, 3.63) is 50.9 Å². The van der Waals surface area contributed by atoms with Gasteiger partial charge in [0.25, 0.3) is 0 Å². The maximum absolute atomic E-state index is 6.22. The molecule has 1 saturated heterocycles. The van der Waals surface area contributed by atoms with Crippen molar-refractivity contribution in [2.45, 2.75) is 39.3 Å². The van der Waals surface area contributed by atoms with Crippen molar-refractivity contribution in [1.82, 2.24) is 9.88 Å². The molecule has 1 aromatic carbocycles. The number of nitrogens with zero attached hydrogens (tertiary/aromatic N) is 2. The number of aromatic nitrogens is 1. The van der Waals surface area contributed by atoms with Crippen LogP contribution in [0.4, 0.5) is 0 Å². The Morgan fingerprint density at radius 3 is 2.78 bits per heavy atom. The van der Waals surface area contributed by atoms with Crippen molar-refractivity contribution in [1.29, 1.82) is 0 Å². The van der Waals surface area contributed by atoms with E-state index in [9.17, 15) is 0 Å². The fourth-order valence-electron chi connectivity index (χ4n) is 3.13. The Morgan fingerprint density at radius 2 is 2.09 bits per heavy atom. The third-order valence-corrected chi connectivity index (χ3v) is 5.79. The number of halogens is 1. The zero-order chi connectivity index (χ0) is 16.4. The van der Waals surface area contributed by atoms with Gasteiger partial charge in [0.2, 0.25) is 0 Å². The van der Waals surface area contributed by atoms with Gasteiger partial charge in [-0.05, 0) is 29.5 Å². The largest absolute Gasteiger partial charge is 0.327 e. The third-order valence-electron chi connectivity index (χ3n) is 4.64. The van der Waals surface area contributed by atoms with E-state index < -0.39 is 0 Å². The highest BCUT2D eigenvalue weighted by molar-refractivity contribution is 7.09. The maximum Gasteiger partial charge on any atom is 0.0972 e. The van der Waals surface area contributed by atoms with E-state index in [4.69, 9.17) is 22.3 Å². The summed E-state index contributed by atoms with van der Waals surface area (Å²) in [5, 5.41) is 4.13. The summed E-state index contributed by atoms with van der Waals surface area (Å²) in [6, 6.07) is 8.31. The van der Waals surface area contributed by atoms with Crippen molar-refractivity contribution >= 4 is 22.9 Å². The Morgan fingerprint density at radius 1 is 1.35 bits per heavy atom. The van der Waals surface area contributed by atoms with Gasteiger partial charge in [-0.1, -0.05) is 37.6 Å². The van der Waals surface area contributed by atoms with E-state index in [1.165, 1.54) is 11.3 Å². The van der Waals surface area contributed by atoms with Gasteiger partial charge in [0.05, 0.1) is 10.7 Å². The molecule has 2 aromatic rings. The molecule has 1 atom stereocenters. The lowest BCUT2D eigenvalue weighted by molar-refractivity contribution is 0.0890. The Hall–Kier alpha value is -0.940. The molecule has 3 rings (SSSR count). The number of rotatable bonds is 4. The van der Waals surface area contributed by atoms with Crippen LogP contribution >= 0.6 is 22.9 Å². The fraction of sp³-hybridized carbons (Fsp3) is 0.500. The van der Waals surface area contributed by atoms with Crippen molar-refractivity contribution in [3.8, 4) is 0 Å². The Kier molecular flexibility index (Phi) is 5.07. The average Bonchev–Trinajstić information content (AvgIpc) is 2.92. The maximum atomic E-state index is 6.22. The molecule has 1 fully saturated rings. The minimum absolute atomic E-state index is 0.181. The van der Waals surface area contributed by atoms with Gasteiger partial charge >= 0.3 is 0 Å². The lowest BCUT2D eigenvalue weighted by Crippen LogP contribution is -2.52. The Labute approximate surface area is 147 Å². The number of hydrogen-bond acceptors (Lipinski definition) is 4. The van der Waals surface area contributed by atoms with E-state index >= 15 is 0 Å². The summed E-state index contributed by atoms with van der Waals surface area (Å²) in [6.45, 7) is 7.55. The van der Waals surface area contributed by atoms with Gasteiger partial charge in [-0.25, -0.2) is 4.98 Å². The van der Waals surface area contributed by atoms with Crippen LogP contribution in [0, 0.1) is 5.41 Å². The van der Waals surface area contributed by atoms with E-state index in [-0.39, 0.29) is 5.41 Å². The summed E-state index contributed by atoms with van der Waals surface area (Å²) < 4.78 is 0. The molecule has 124 valence electrons. The Bertz CT molecular complexity index is 651. The molecular formula is C18H24ClN3S. The van der Waals surface area contributed by atoms with Gasteiger partial charge in [-0.3, -0.25) is 4.90 Å². The first-order valence-electron chi connectivity index (χ1n) is 8.08. The minimum atomic E-state index is 0.181. The second-order valence-corrected chi connectivity index (χ2v) is 8.51. The molecule has 0 saturated carbocycles. The first-order valence-corrected chi connectivity index (χ1v) is 9.34. The number of piperidine rings is 1. The standard InChI is InChI=1S/C18H24ClN3S/c1-18(2)12-22(8-7-16(18)20)10-15-11-23-17(21-15)9-13-3-5-14(19)6-4-13/h3-6,11,16H,7-10,12,20H2,1-2H3. The molecule has 0 bridgehead atoms. The lowest BCUT2D eigenvalue weighted by Gasteiger charge is -2.42. The SMILES string of the molecule is CC1(C)CN(Cc2csc(Cc3ccc(Cl)cc3)n2)CCC1N. The number of likely N-dealkylation sites (tertiary alicyclic amines) is 1. The molecule has 1 unspecified atom stereocenters. The highest BCUT2D eigenvalue weighted by Crippen LogP contribution is 2.28. The first kappa shape index (κ1) is 16.9. The zero-order valence-electron chi connectivity index (χ0n) is 13.8. The van der Waals surface area contributed by atoms with E-state index in [1.54, 1.807) is 11.3 Å². The van der Waals surface area contributed by atoms with Crippen molar-refractivity contribution < 1.29 is 0 Å². The fourth-order valence-corrected chi connectivity index (χ4v) is 4.07. The van der Waals surface area contributed by atoms with Crippen LogP contribution in [0.5, 0.6) is 0 Å². The smallest absolute Gasteiger partial charge is 0.0972 e. The van der Waals surface area contributed by atoms with Gasteiger partial charge in [0.15, 0.2) is 0 Å². The monoisotopic (exact) mass is 349 g/mol. The molecule has 0 spiro atoms. The van der Waals surface area contributed by atoms with E-state index in [0.717, 1.165) is 42.5 Å². The van der Waals surface area contributed by atoms with Crippen LogP contribution in [0.15, 0.2) is 29.6 Å². The molecular weight excluding hydrogens is 326 g/mol. The predicted octanol–water partition coefficient (Wildman–Crippen LogP) is 3.95. The molecule has 5 heteroatoms. The molecule has 1 aromatic heterocycles. The predicted molar refractivity (Wildman–Crippen MR) is 98.0 cm³/mol. The average molecular weight is 350 g/mol. The van der Waals surface area contributed by atoms with Crippen LogP contribution in [0.1, 0.15) is 36.5 Å². The summed E-state index contributed by atoms with van der Waals surface area (Å²) in [4.78, 5) is 7.28. The molecule has 23 heavy (non-hydrogen) atoms. The van der Waals surface area contributed by atoms with Crippen LogP contribution in [0.2, 0.25) is 5.02 Å². The quantitative estimate of drug-likeness (QED) is 0.908. The molecule has 0 aliphatic carbocycles. The molecule has 1 aliphatic rings. The van der Waals surface area contributed by atoms with Crippen LogP contribution < -0.4 is 5.73 Å². The van der Waals surface area contributed by atoms with Gasteiger partial charge < -0.3 is 5.73 Å². The summed E-state index contributed by atoms with van der Waals surface area (Å²) in [5.41, 5.74) is 8.82. The van der Waals surface area contributed by atoms with Crippen molar-refractivity contribution in [3.63, 3.8) is 0 Å². The Balaban J connectivity index is 1.60. The van der Waals surface area contributed by atoms with Crippen LogP contribution in [0.25, 0.3) is 0 Å². The molecule has 1 aliphatic heterocycles. The molecule has 3 nitrogen and oxygen atoms in total. The highest BCUT2D eigenvalue weighted by atomic mass is 35.5. The second-order valence-electron chi connectivity index (χ2n) is 7.13. The summed E-state index contributed by atoms with van der Waals surface area (Å²) in [7, 11) is 0. The molecule has 2 heterocycles. The highest BCUT2D eigenvalue weighted by Gasteiger charge is 2.33. The third kappa shape index (κ3) is 4.32. The van der Waals surface area contributed by atoms with E-state index in [1.807, 2.05) is 12.1 Å². The number of benzene rings is 1. The number of thiazole rings is 1. The van der Waals surface area contributed by atoms with Crippen LogP contribution in [-0.4, -0.2) is 29.0 Å². The van der Waals surface area contributed by atoms with Crippen LogP contribution in [0.3, 0.4) is 0 Å². The normalized spacial score (nSPS) is 21.5. The molecule has 0 amide bonds. The van der Waals surface area contributed by atoms with Gasteiger partial charge in [-0.2, -0.15) is 0 Å². The zero-order valence-corrected chi connectivity index (χ0v) is 15.3. The minimum Gasteiger partial charge on any atom is -0.327 e. The topological polar surface area (TPSA) is 42.2 Å². The van der Waals surface area contributed by atoms with Gasteiger partial charge in [-0.15, -0.1) is 11.3 Å². The molecule has 0 radical (unpaired) electrons. The lowest BCUT2D eigenvalue weighted by atomic mass is 9.80. The van der Waals surface area contributed by atoms with Gasteiger partial charge in [0, 0.05) is 42.5 Å². The van der Waals surface area contributed by atoms with Crippen molar-refractivity contribution in [2.75, 3.05) is 13.1 Å². The molecule has 2 N–H and O–H groups in total. The number of hydrogen-bond donors (Lipinski definition) is 1. The first-order chi connectivity index (χ1) is 10.9. The van der Waals surface area contributed by atoms with Crippen LogP contribution in [-0.2, 0) is 13.0 Å². The number of nitrogens with two attached hydrogens (primary N) is 1. The summed E-state index contributed by atoms with van der Waals surface area (Å²) >= 11 is 7.68. The van der Waals surface area contributed by atoms with Gasteiger partial charge in [0.1, 0.15) is 0 Å². The van der Waals surface area contributed by atoms with E-state index in [2.05, 4.69) is 36.3 Å². The second kappa shape index (κ2) is 6.89. The summed E-state index contributed by atoms with van der Waals surface area (Å²) in [5.74, 6) is 0. The van der Waals surface area contributed by atoms with Crippen molar-refractivity contribution in [2.24, 2.45) is 11.1 Å².